The summed E-state index contributed by atoms with van der Waals surface area (Å²) >= 11 is 6.66. The number of pyridine rings is 1. The first-order valence-corrected chi connectivity index (χ1v) is 11.8. The van der Waals surface area contributed by atoms with Crippen LogP contribution in [0.5, 0.6) is 0 Å². The van der Waals surface area contributed by atoms with Crippen molar-refractivity contribution in [3.63, 3.8) is 0 Å². The third kappa shape index (κ3) is 4.59. The molecule has 10 heteroatoms. The van der Waals surface area contributed by atoms with Crippen molar-refractivity contribution >= 4 is 51.7 Å². The molecule has 0 radical (unpaired) electrons. The maximum Gasteiger partial charge on any atom is 0.267 e. The maximum absolute atomic E-state index is 13.5. The van der Waals surface area contributed by atoms with Gasteiger partial charge in [0.05, 0.1) is 10.5 Å². The van der Waals surface area contributed by atoms with Gasteiger partial charge in [-0.15, -0.1) is 0 Å². The third-order valence-corrected chi connectivity index (χ3v) is 7.05. The van der Waals surface area contributed by atoms with Crippen molar-refractivity contribution in [1.82, 2.24) is 19.2 Å². The van der Waals surface area contributed by atoms with E-state index in [0.717, 1.165) is 31.7 Å². The first-order chi connectivity index (χ1) is 15.4. The molecule has 170 valence electrons. The lowest BCUT2D eigenvalue weighted by molar-refractivity contribution is -0.122. The van der Waals surface area contributed by atoms with Crippen LogP contribution in [0.4, 0.5) is 5.82 Å². The number of hydrogen-bond acceptors (Lipinski definition) is 8. The van der Waals surface area contributed by atoms with Crippen molar-refractivity contribution in [1.29, 1.82) is 0 Å². The molecule has 0 atom stereocenters. The van der Waals surface area contributed by atoms with Gasteiger partial charge in [-0.3, -0.25) is 18.9 Å². The van der Waals surface area contributed by atoms with Crippen LogP contribution in [0, 0.1) is 6.92 Å². The van der Waals surface area contributed by atoms with Crippen molar-refractivity contribution in [3.05, 3.63) is 44.7 Å². The number of ether oxygens (including phenoxy) is 1. The molecule has 32 heavy (non-hydrogen) atoms. The van der Waals surface area contributed by atoms with Gasteiger partial charge in [-0.2, -0.15) is 0 Å². The van der Waals surface area contributed by atoms with Gasteiger partial charge in [0.25, 0.3) is 11.5 Å². The first kappa shape index (κ1) is 22.9. The van der Waals surface area contributed by atoms with Gasteiger partial charge in [0.15, 0.2) is 0 Å². The molecule has 4 rings (SSSR count). The van der Waals surface area contributed by atoms with Crippen molar-refractivity contribution in [2.24, 2.45) is 0 Å². The fraction of sp³-hybridized carbons (Fsp3) is 0.455. The Morgan fingerprint density at radius 1 is 1.22 bits per heavy atom. The quantitative estimate of drug-likeness (QED) is 0.359. The fourth-order valence-electron chi connectivity index (χ4n) is 3.82. The van der Waals surface area contributed by atoms with E-state index in [9.17, 15) is 9.59 Å². The number of aryl methyl sites for hydroxylation is 1. The number of anilines is 1. The number of thiocarbonyl (C=S) groups is 1. The number of hydrogen-bond donors (Lipinski definition) is 0. The van der Waals surface area contributed by atoms with E-state index in [0.29, 0.717) is 45.8 Å². The molecule has 2 aliphatic rings. The predicted octanol–water partition coefficient (Wildman–Crippen LogP) is 1.99. The fourth-order valence-corrected chi connectivity index (χ4v) is 5.11. The highest BCUT2D eigenvalue weighted by atomic mass is 32.2. The van der Waals surface area contributed by atoms with Crippen LogP contribution in [0.15, 0.2) is 28.0 Å². The third-order valence-electron chi connectivity index (χ3n) is 5.67. The minimum Gasteiger partial charge on any atom is -0.385 e. The standard InChI is InChI=1S/C22H27N5O3S2/c1-15-5-6-18-23-19(25-10-8-24(2)9-11-25)16(20(28)27(18)14-15)13-17-21(29)26(22(31)32-17)7-4-12-30-3/h5-6,13-14H,4,7-12H2,1-3H3/b17-13-. The molecule has 0 unspecified atom stereocenters. The monoisotopic (exact) mass is 473 g/mol. The Labute approximate surface area is 196 Å². The van der Waals surface area contributed by atoms with E-state index in [-0.39, 0.29) is 11.5 Å². The molecular formula is C22H27N5O3S2. The molecule has 0 bridgehead atoms. The summed E-state index contributed by atoms with van der Waals surface area (Å²) in [6, 6.07) is 3.80. The van der Waals surface area contributed by atoms with Crippen molar-refractivity contribution in [3.8, 4) is 0 Å². The van der Waals surface area contributed by atoms with E-state index in [4.69, 9.17) is 21.9 Å². The molecule has 4 heterocycles. The van der Waals surface area contributed by atoms with Crippen LogP contribution >= 0.6 is 24.0 Å². The number of nitrogens with zero attached hydrogens (tertiary/aromatic N) is 5. The number of amides is 1. The van der Waals surface area contributed by atoms with Crippen LogP contribution in [0.25, 0.3) is 11.7 Å². The summed E-state index contributed by atoms with van der Waals surface area (Å²) in [4.78, 5) is 37.8. The number of aromatic nitrogens is 2. The molecule has 2 fully saturated rings. The van der Waals surface area contributed by atoms with Gasteiger partial charge < -0.3 is 14.5 Å². The summed E-state index contributed by atoms with van der Waals surface area (Å²) in [6.07, 6.45) is 4.15. The summed E-state index contributed by atoms with van der Waals surface area (Å²) < 4.78 is 7.15. The summed E-state index contributed by atoms with van der Waals surface area (Å²) in [7, 11) is 3.71. The zero-order chi connectivity index (χ0) is 22.8. The Morgan fingerprint density at radius 3 is 2.69 bits per heavy atom. The molecule has 0 saturated carbocycles. The second-order valence-corrected chi connectivity index (χ2v) is 9.73. The summed E-state index contributed by atoms with van der Waals surface area (Å²) in [5.41, 5.74) is 1.80. The first-order valence-electron chi connectivity index (χ1n) is 10.6. The summed E-state index contributed by atoms with van der Waals surface area (Å²) in [6.45, 7) is 6.29. The largest absolute Gasteiger partial charge is 0.385 e. The Kier molecular flexibility index (Phi) is 6.94. The van der Waals surface area contributed by atoms with E-state index < -0.39 is 0 Å². The Bertz CT molecular complexity index is 1140. The highest BCUT2D eigenvalue weighted by molar-refractivity contribution is 8.26. The average Bonchev–Trinajstić information content (AvgIpc) is 3.04. The van der Waals surface area contributed by atoms with Crippen LogP contribution < -0.4 is 10.5 Å². The van der Waals surface area contributed by atoms with Gasteiger partial charge in [0.2, 0.25) is 0 Å². The van der Waals surface area contributed by atoms with Crippen LogP contribution in [0.1, 0.15) is 17.5 Å². The second-order valence-electron chi connectivity index (χ2n) is 8.06. The molecule has 0 spiro atoms. The van der Waals surface area contributed by atoms with E-state index in [1.165, 1.54) is 11.8 Å². The van der Waals surface area contributed by atoms with E-state index in [2.05, 4.69) is 16.8 Å². The highest BCUT2D eigenvalue weighted by Gasteiger charge is 2.32. The maximum atomic E-state index is 13.5. The van der Waals surface area contributed by atoms with Crippen LogP contribution in [-0.2, 0) is 9.53 Å². The molecular weight excluding hydrogens is 446 g/mol. The molecule has 2 aliphatic heterocycles. The molecule has 2 aromatic rings. The summed E-state index contributed by atoms with van der Waals surface area (Å²) in [5.74, 6) is 0.450. The normalized spacial score (nSPS) is 19.0. The SMILES string of the molecule is COCCCN1C(=O)/C(=C/c2c(N3CCN(C)CC3)nc3ccc(C)cn3c2=O)SC1=S. The average molecular weight is 474 g/mol. The number of thioether (sulfide) groups is 1. The van der Waals surface area contributed by atoms with Crippen molar-refractivity contribution in [2.45, 2.75) is 13.3 Å². The molecule has 0 N–H and O–H groups in total. The topological polar surface area (TPSA) is 70.4 Å². The summed E-state index contributed by atoms with van der Waals surface area (Å²) in [5, 5.41) is 0. The molecule has 0 aliphatic carbocycles. The van der Waals surface area contributed by atoms with E-state index in [1.54, 1.807) is 28.7 Å². The lowest BCUT2D eigenvalue weighted by Crippen LogP contribution is -2.45. The van der Waals surface area contributed by atoms with Crippen molar-refractivity contribution < 1.29 is 9.53 Å². The number of rotatable bonds is 6. The number of piperazine rings is 1. The minimum absolute atomic E-state index is 0.172. The zero-order valence-electron chi connectivity index (χ0n) is 18.5. The van der Waals surface area contributed by atoms with E-state index in [1.807, 2.05) is 19.1 Å². The Balaban J connectivity index is 1.77. The smallest absolute Gasteiger partial charge is 0.267 e. The van der Waals surface area contributed by atoms with Crippen molar-refractivity contribution in [2.75, 3.05) is 58.4 Å². The highest BCUT2D eigenvalue weighted by Crippen LogP contribution is 2.33. The second kappa shape index (κ2) is 9.70. The number of methoxy groups -OCH3 is 1. The van der Waals surface area contributed by atoms with E-state index >= 15 is 0 Å². The molecule has 2 saturated heterocycles. The zero-order valence-corrected chi connectivity index (χ0v) is 20.2. The number of fused-ring (bicyclic) bond motifs is 1. The van der Waals surface area contributed by atoms with Gasteiger partial charge >= 0.3 is 0 Å². The Morgan fingerprint density at radius 2 is 1.97 bits per heavy atom. The van der Waals surface area contributed by atoms with Crippen LogP contribution in [-0.4, -0.2) is 82.9 Å². The van der Waals surface area contributed by atoms with Gasteiger partial charge in [0.1, 0.15) is 15.8 Å². The molecule has 1 amide bonds. The Hall–Kier alpha value is -2.27. The number of likely N-dealkylation sites (N-methyl/N-ethyl adjacent to an activating group) is 1. The van der Waals surface area contributed by atoms with Gasteiger partial charge in [-0.1, -0.05) is 30.0 Å². The van der Waals surface area contributed by atoms with Gasteiger partial charge in [0, 0.05) is 52.6 Å². The van der Waals surface area contributed by atoms with Crippen LogP contribution in [0.2, 0.25) is 0 Å². The van der Waals surface area contributed by atoms with Gasteiger partial charge in [-0.25, -0.2) is 4.98 Å². The minimum atomic E-state index is -0.183. The lowest BCUT2D eigenvalue weighted by atomic mass is 10.2. The lowest BCUT2D eigenvalue weighted by Gasteiger charge is -2.34. The molecule has 2 aromatic heterocycles. The molecule has 8 nitrogen and oxygen atoms in total. The number of carbonyl (C=O) groups excluding carboxylic acids is 1. The van der Waals surface area contributed by atoms with Gasteiger partial charge in [-0.05, 0) is 38.1 Å². The number of carbonyl (C=O) groups is 1. The van der Waals surface area contributed by atoms with Crippen LogP contribution in [0.3, 0.4) is 0 Å². The predicted molar refractivity (Wildman–Crippen MR) is 132 cm³/mol. The molecule has 0 aromatic carbocycles.